The summed E-state index contributed by atoms with van der Waals surface area (Å²) in [5, 5.41) is 7.51. The molecule has 0 bridgehead atoms. The third-order valence-corrected chi connectivity index (χ3v) is 6.50. The summed E-state index contributed by atoms with van der Waals surface area (Å²) in [4.78, 5) is 31.7. The predicted octanol–water partition coefficient (Wildman–Crippen LogP) is 3.51. The third-order valence-electron chi connectivity index (χ3n) is 6.50. The van der Waals surface area contributed by atoms with Crippen molar-refractivity contribution >= 4 is 40.9 Å². The van der Waals surface area contributed by atoms with E-state index in [2.05, 4.69) is 41.5 Å². The smallest absolute Gasteiger partial charge is 0.253 e. The Morgan fingerprint density at radius 3 is 2.59 bits per heavy atom. The van der Waals surface area contributed by atoms with Crippen LogP contribution in [-0.4, -0.2) is 46.1 Å². The van der Waals surface area contributed by atoms with Crippen molar-refractivity contribution in [1.82, 2.24) is 25.3 Å². The van der Waals surface area contributed by atoms with Crippen LogP contribution < -0.4 is 21.1 Å². The van der Waals surface area contributed by atoms with Crippen LogP contribution in [0.2, 0.25) is 0 Å². The molecule has 0 amide bonds. The van der Waals surface area contributed by atoms with Crippen LogP contribution in [0.4, 0.5) is 17.5 Å². The maximum atomic E-state index is 12.7. The van der Waals surface area contributed by atoms with Gasteiger partial charge in [-0.25, -0.2) is 9.97 Å². The number of H-pyrrole nitrogens is 1. The van der Waals surface area contributed by atoms with Gasteiger partial charge in [0.1, 0.15) is 11.5 Å². The van der Waals surface area contributed by atoms with Crippen LogP contribution in [0.25, 0.3) is 11.0 Å². The maximum absolute atomic E-state index is 12.7. The Balaban J connectivity index is 0.00000245. The van der Waals surface area contributed by atoms with Crippen molar-refractivity contribution < 1.29 is 0 Å². The minimum absolute atomic E-state index is 0. The summed E-state index contributed by atoms with van der Waals surface area (Å²) >= 11 is 0. The van der Waals surface area contributed by atoms with Crippen LogP contribution in [0.1, 0.15) is 49.7 Å². The van der Waals surface area contributed by atoms with E-state index in [1.54, 1.807) is 0 Å². The number of aromatic nitrogens is 4. The minimum atomic E-state index is -0.0277. The number of nitrogens with one attached hydrogen (secondary N) is 3. The molecule has 1 aliphatic heterocycles. The first kappa shape index (κ1) is 22.5. The van der Waals surface area contributed by atoms with Crippen LogP contribution in [0.3, 0.4) is 0 Å². The highest BCUT2D eigenvalue weighted by atomic mass is 35.5. The summed E-state index contributed by atoms with van der Waals surface area (Å²) in [5.41, 5.74) is 3.72. The zero-order chi connectivity index (χ0) is 21.2. The summed E-state index contributed by atoms with van der Waals surface area (Å²) in [6.07, 6.45) is 9.16. The molecule has 0 spiro atoms. The van der Waals surface area contributed by atoms with Crippen LogP contribution in [0.5, 0.6) is 0 Å². The van der Waals surface area contributed by atoms with Gasteiger partial charge in [0.05, 0.1) is 11.9 Å². The Kier molecular flexibility index (Phi) is 6.91. The quantitative estimate of drug-likeness (QED) is 0.541. The molecule has 2 aliphatic rings. The van der Waals surface area contributed by atoms with Crippen molar-refractivity contribution in [2.24, 2.45) is 0 Å². The lowest BCUT2D eigenvalue weighted by Gasteiger charge is -2.29. The van der Waals surface area contributed by atoms with Crippen LogP contribution in [0, 0.1) is 0 Å². The molecule has 3 aromatic heterocycles. The molecule has 1 aliphatic carbocycles. The van der Waals surface area contributed by atoms with Gasteiger partial charge in [-0.15, -0.1) is 12.4 Å². The normalized spacial score (nSPS) is 16.8. The number of aromatic amines is 1. The van der Waals surface area contributed by atoms with Crippen molar-refractivity contribution in [3.63, 3.8) is 0 Å². The molecule has 0 radical (unpaired) electrons. The van der Waals surface area contributed by atoms with Gasteiger partial charge in [0.15, 0.2) is 0 Å². The number of nitrogens with zero attached hydrogens (tertiary/aromatic N) is 4. The second kappa shape index (κ2) is 9.83. The van der Waals surface area contributed by atoms with Gasteiger partial charge in [-0.05, 0) is 42.9 Å². The van der Waals surface area contributed by atoms with E-state index >= 15 is 0 Å². The van der Waals surface area contributed by atoms with E-state index in [1.807, 2.05) is 25.4 Å². The fourth-order valence-corrected chi connectivity index (χ4v) is 4.92. The Morgan fingerprint density at radius 1 is 1.12 bits per heavy atom. The molecule has 9 heteroatoms. The Bertz CT molecular complexity index is 1120. The topological polar surface area (TPSA) is 98.8 Å². The zero-order valence-corrected chi connectivity index (χ0v) is 19.2. The lowest BCUT2D eigenvalue weighted by molar-refractivity contribution is 0.589. The number of halogens is 1. The van der Waals surface area contributed by atoms with E-state index in [4.69, 9.17) is 0 Å². The summed E-state index contributed by atoms with van der Waals surface area (Å²) in [6.45, 7) is 6.00. The molecule has 4 heterocycles. The van der Waals surface area contributed by atoms with E-state index in [-0.39, 0.29) is 18.0 Å². The van der Waals surface area contributed by atoms with E-state index in [0.717, 1.165) is 67.6 Å². The van der Waals surface area contributed by atoms with Crippen molar-refractivity contribution in [1.29, 1.82) is 0 Å². The average Bonchev–Trinajstić information content (AvgIpc) is 3.34. The van der Waals surface area contributed by atoms with Crippen molar-refractivity contribution in [2.75, 3.05) is 36.4 Å². The van der Waals surface area contributed by atoms with Gasteiger partial charge in [0.25, 0.3) is 5.56 Å². The first-order chi connectivity index (χ1) is 15.2. The molecular formula is C23H30ClN7O. The maximum Gasteiger partial charge on any atom is 0.253 e. The van der Waals surface area contributed by atoms with Gasteiger partial charge in [-0.2, -0.15) is 4.98 Å². The molecule has 1 saturated heterocycles. The molecule has 5 rings (SSSR count). The number of piperazine rings is 1. The summed E-state index contributed by atoms with van der Waals surface area (Å²) in [7, 11) is 0. The standard InChI is InChI=1S/C23H29N7O.ClH/c1-2-17-20(15-5-3-4-6-15)18-14-26-23(29-21(18)28-22(17)31)27-19-8-7-16(13-25-19)30-11-9-24-10-12-30;/h7-8,13-15,24H,2-6,9-12H2,1H3,(H2,25,26,27,28,29,31);1H. The molecule has 8 nitrogen and oxygen atoms in total. The van der Waals surface area contributed by atoms with E-state index < -0.39 is 0 Å². The molecule has 1 saturated carbocycles. The van der Waals surface area contributed by atoms with E-state index in [9.17, 15) is 4.79 Å². The predicted molar refractivity (Wildman–Crippen MR) is 131 cm³/mol. The van der Waals surface area contributed by atoms with Crippen molar-refractivity contribution in [2.45, 2.75) is 44.9 Å². The van der Waals surface area contributed by atoms with Gasteiger partial charge in [0.2, 0.25) is 5.95 Å². The SMILES string of the molecule is CCc1c(C2CCCC2)c2cnc(Nc3ccc(N4CCNCC4)cn3)nc2[nH]c1=O.Cl. The van der Waals surface area contributed by atoms with E-state index in [0.29, 0.717) is 23.3 Å². The highest BCUT2D eigenvalue weighted by molar-refractivity contribution is 5.85. The van der Waals surface area contributed by atoms with Gasteiger partial charge in [-0.1, -0.05) is 19.8 Å². The molecule has 0 atom stereocenters. The highest BCUT2D eigenvalue weighted by Crippen LogP contribution is 2.38. The Labute approximate surface area is 193 Å². The Morgan fingerprint density at radius 2 is 1.91 bits per heavy atom. The molecule has 3 N–H and O–H groups in total. The summed E-state index contributed by atoms with van der Waals surface area (Å²) in [5.74, 6) is 1.55. The molecule has 2 fully saturated rings. The van der Waals surface area contributed by atoms with Gasteiger partial charge < -0.3 is 20.5 Å². The number of rotatable bonds is 5. The molecule has 3 aromatic rings. The van der Waals surface area contributed by atoms with E-state index in [1.165, 1.54) is 12.8 Å². The molecular weight excluding hydrogens is 426 g/mol. The molecule has 170 valence electrons. The Hall–Kier alpha value is -2.71. The first-order valence-electron chi connectivity index (χ1n) is 11.3. The second-order valence-electron chi connectivity index (χ2n) is 8.40. The van der Waals surface area contributed by atoms with Crippen LogP contribution in [0.15, 0.2) is 29.3 Å². The van der Waals surface area contributed by atoms with Crippen molar-refractivity contribution in [3.8, 4) is 0 Å². The number of hydrogen-bond donors (Lipinski definition) is 3. The third kappa shape index (κ3) is 4.42. The second-order valence-corrected chi connectivity index (χ2v) is 8.40. The first-order valence-corrected chi connectivity index (χ1v) is 11.3. The number of fused-ring (bicyclic) bond motifs is 1. The highest BCUT2D eigenvalue weighted by Gasteiger charge is 2.24. The largest absolute Gasteiger partial charge is 0.368 e. The number of anilines is 3. The summed E-state index contributed by atoms with van der Waals surface area (Å²) in [6, 6.07) is 4.01. The number of pyridine rings is 2. The zero-order valence-electron chi connectivity index (χ0n) is 18.4. The lowest BCUT2D eigenvalue weighted by Crippen LogP contribution is -2.43. The molecule has 0 aromatic carbocycles. The fourth-order valence-electron chi connectivity index (χ4n) is 4.92. The molecule has 0 unspecified atom stereocenters. The van der Waals surface area contributed by atoms with Crippen molar-refractivity contribution in [3.05, 3.63) is 46.0 Å². The van der Waals surface area contributed by atoms with Gasteiger partial charge in [-0.3, -0.25) is 4.79 Å². The van der Waals surface area contributed by atoms with Crippen LogP contribution >= 0.6 is 12.4 Å². The molecule has 32 heavy (non-hydrogen) atoms. The lowest BCUT2D eigenvalue weighted by atomic mass is 9.90. The fraction of sp³-hybridized carbons (Fsp3) is 0.478. The minimum Gasteiger partial charge on any atom is -0.368 e. The summed E-state index contributed by atoms with van der Waals surface area (Å²) < 4.78 is 0. The number of hydrogen-bond acceptors (Lipinski definition) is 7. The average molecular weight is 456 g/mol. The van der Waals surface area contributed by atoms with Gasteiger partial charge >= 0.3 is 0 Å². The van der Waals surface area contributed by atoms with Gasteiger partial charge in [0, 0.05) is 43.3 Å². The monoisotopic (exact) mass is 455 g/mol. The van der Waals surface area contributed by atoms with Crippen LogP contribution in [-0.2, 0) is 6.42 Å².